The number of piperidine rings is 1. The van der Waals surface area contributed by atoms with Crippen LogP contribution in [0.5, 0.6) is 0 Å². The monoisotopic (exact) mass is 355 g/mol. The van der Waals surface area contributed by atoms with Crippen LogP contribution in [-0.2, 0) is 4.74 Å². The van der Waals surface area contributed by atoms with Crippen LogP contribution in [0.4, 0.5) is 0 Å². The molecular formula is C20H25N3O3. The highest BCUT2D eigenvalue weighted by Gasteiger charge is 2.26. The molecule has 138 valence electrons. The average molecular weight is 355 g/mol. The summed E-state index contributed by atoms with van der Waals surface area (Å²) in [6, 6.07) is 6.01. The molecule has 26 heavy (non-hydrogen) atoms. The number of amides is 1. The SMILES string of the molecule is CCOC(=O)c1cnn([C@H]2CCCN(C(=O)c3cc(C)cc(C)c3)C2)c1. The van der Waals surface area contributed by atoms with Gasteiger partial charge < -0.3 is 9.64 Å². The molecule has 0 unspecified atom stereocenters. The van der Waals surface area contributed by atoms with Gasteiger partial charge in [-0.05, 0) is 45.7 Å². The molecule has 0 radical (unpaired) electrons. The van der Waals surface area contributed by atoms with Crippen molar-refractivity contribution < 1.29 is 14.3 Å². The lowest BCUT2D eigenvalue weighted by Crippen LogP contribution is -2.40. The number of aromatic nitrogens is 2. The third-order valence-corrected chi connectivity index (χ3v) is 4.64. The Morgan fingerprint density at radius 2 is 1.92 bits per heavy atom. The third-order valence-electron chi connectivity index (χ3n) is 4.64. The van der Waals surface area contributed by atoms with Crippen LogP contribution in [0.15, 0.2) is 30.6 Å². The maximum atomic E-state index is 12.9. The Morgan fingerprint density at radius 1 is 1.19 bits per heavy atom. The highest BCUT2D eigenvalue weighted by Crippen LogP contribution is 2.23. The largest absolute Gasteiger partial charge is 0.462 e. The molecule has 0 N–H and O–H groups in total. The van der Waals surface area contributed by atoms with Gasteiger partial charge in [-0.2, -0.15) is 5.10 Å². The van der Waals surface area contributed by atoms with E-state index in [9.17, 15) is 9.59 Å². The molecule has 1 saturated heterocycles. The van der Waals surface area contributed by atoms with Gasteiger partial charge in [0.05, 0.1) is 24.4 Å². The Kier molecular flexibility index (Phi) is 5.40. The Bertz CT molecular complexity index is 792. The minimum atomic E-state index is -0.363. The number of likely N-dealkylation sites (tertiary alicyclic amines) is 1. The summed E-state index contributed by atoms with van der Waals surface area (Å²) in [5, 5.41) is 4.32. The summed E-state index contributed by atoms with van der Waals surface area (Å²) < 4.78 is 6.80. The molecule has 0 spiro atoms. The lowest BCUT2D eigenvalue weighted by atomic mass is 10.0. The zero-order valence-corrected chi connectivity index (χ0v) is 15.6. The number of ether oxygens (including phenoxy) is 1. The molecule has 1 atom stereocenters. The lowest BCUT2D eigenvalue weighted by Gasteiger charge is -2.33. The highest BCUT2D eigenvalue weighted by atomic mass is 16.5. The first-order valence-electron chi connectivity index (χ1n) is 9.06. The molecule has 1 fully saturated rings. The van der Waals surface area contributed by atoms with E-state index in [2.05, 4.69) is 11.2 Å². The number of esters is 1. The summed E-state index contributed by atoms with van der Waals surface area (Å²) in [5.41, 5.74) is 3.36. The van der Waals surface area contributed by atoms with Gasteiger partial charge in [0.1, 0.15) is 0 Å². The van der Waals surface area contributed by atoms with Crippen molar-refractivity contribution in [2.24, 2.45) is 0 Å². The average Bonchev–Trinajstić information content (AvgIpc) is 3.11. The van der Waals surface area contributed by atoms with Crippen LogP contribution in [0.1, 0.15) is 57.7 Å². The van der Waals surface area contributed by atoms with E-state index in [4.69, 9.17) is 4.74 Å². The summed E-state index contributed by atoms with van der Waals surface area (Å²) in [6.45, 7) is 7.46. The first-order valence-corrected chi connectivity index (χ1v) is 9.06. The van der Waals surface area contributed by atoms with E-state index in [0.29, 0.717) is 18.7 Å². The third kappa shape index (κ3) is 3.95. The summed E-state index contributed by atoms with van der Waals surface area (Å²) in [6.07, 6.45) is 5.09. The Balaban J connectivity index is 1.73. The molecule has 0 saturated carbocycles. The van der Waals surface area contributed by atoms with Crippen molar-refractivity contribution in [3.05, 3.63) is 52.8 Å². The van der Waals surface area contributed by atoms with Crippen molar-refractivity contribution in [3.63, 3.8) is 0 Å². The fourth-order valence-electron chi connectivity index (χ4n) is 3.49. The van der Waals surface area contributed by atoms with Crippen LogP contribution in [0, 0.1) is 13.8 Å². The summed E-state index contributed by atoms with van der Waals surface area (Å²) in [4.78, 5) is 26.6. The Labute approximate surface area is 153 Å². The van der Waals surface area contributed by atoms with Crippen LogP contribution in [-0.4, -0.2) is 46.3 Å². The zero-order valence-electron chi connectivity index (χ0n) is 15.6. The fourth-order valence-corrected chi connectivity index (χ4v) is 3.49. The molecule has 1 aromatic heterocycles. The van der Waals surface area contributed by atoms with Crippen LogP contribution < -0.4 is 0 Å². The number of nitrogens with zero attached hydrogens (tertiary/aromatic N) is 3. The van der Waals surface area contributed by atoms with E-state index >= 15 is 0 Å². The fraction of sp³-hybridized carbons (Fsp3) is 0.450. The van der Waals surface area contributed by atoms with Gasteiger partial charge in [-0.25, -0.2) is 4.79 Å². The highest BCUT2D eigenvalue weighted by molar-refractivity contribution is 5.94. The molecule has 6 heteroatoms. The number of hydrogen-bond acceptors (Lipinski definition) is 4. The van der Waals surface area contributed by atoms with E-state index in [1.54, 1.807) is 17.8 Å². The predicted octanol–water partition coefficient (Wildman–Crippen LogP) is 3.15. The standard InChI is InChI=1S/C20H25N3O3/c1-4-26-20(25)17-11-21-23(12-17)18-6-5-7-22(13-18)19(24)16-9-14(2)8-15(3)10-16/h8-12,18H,4-7,13H2,1-3H3/t18-/m0/s1. The maximum absolute atomic E-state index is 12.9. The molecule has 2 aromatic rings. The van der Waals surface area contributed by atoms with Crippen LogP contribution >= 0.6 is 0 Å². The van der Waals surface area contributed by atoms with E-state index < -0.39 is 0 Å². The van der Waals surface area contributed by atoms with Crippen LogP contribution in [0.3, 0.4) is 0 Å². The Hall–Kier alpha value is -2.63. The van der Waals surface area contributed by atoms with Gasteiger partial charge in [-0.1, -0.05) is 17.2 Å². The smallest absolute Gasteiger partial charge is 0.341 e. The van der Waals surface area contributed by atoms with E-state index in [1.165, 1.54) is 6.20 Å². The lowest BCUT2D eigenvalue weighted by molar-refractivity contribution is 0.0525. The summed E-state index contributed by atoms with van der Waals surface area (Å²) in [5.74, 6) is -0.308. The number of benzene rings is 1. The van der Waals surface area contributed by atoms with Crippen LogP contribution in [0.2, 0.25) is 0 Å². The molecule has 1 aromatic carbocycles. The minimum Gasteiger partial charge on any atom is -0.462 e. The van der Waals surface area contributed by atoms with Crippen molar-refractivity contribution in [2.75, 3.05) is 19.7 Å². The normalized spacial score (nSPS) is 17.2. The van der Waals surface area contributed by atoms with Gasteiger partial charge in [0.2, 0.25) is 0 Å². The number of aryl methyl sites for hydroxylation is 2. The number of hydrogen-bond donors (Lipinski definition) is 0. The van der Waals surface area contributed by atoms with Gasteiger partial charge in [-0.3, -0.25) is 9.48 Å². The quantitative estimate of drug-likeness (QED) is 0.790. The van der Waals surface area contributed by atoms with Gasteiger partial charge >= 0.3 is 5.97 Å². The van der Waals surface area contributed by atoms with Crippen molar-refractivity contribution in [1.82, 2.24) is 14.7 Å². The second-order valence-electron chi connectivity index (χ2n) is 6.85. The number of carbonyl (C=O) groups is 2. The molecule has 1 aliphatic heterocycles. The molecule has 1 aliphatic rings. The second-order valence-corrected chi connectivity index (χ2v) is 6.85. The van der Waals surface area contributed by atoms with E-state index in [1.807, 2.05) is 30.9 Å². The van der Waals surface area contributed by atoms with Crippen molar-refractivity contribution in [2.45, 2.75) is 39.7 Å². The number of carbonyl (C=O) groups excluding carboxylic acids is 2. The zero-order chi connectivity index (χ0) is 18.7. The van der Waals surface area contributed by atoms with Gasteiger partial charge in [0, 0.05) is 24.8 Å². The minimum absolute atomic E-state index is 0.0549. The molecule has 2 heterocycles. The van der Waals surface area contributed by atoms with Gasteiger partial charge in [-0.15, -0.1) is 0 Å². The molecule has 0 bridgehead atoms. The summed E-state index contributed by atoms with van der Waals surface area (Å²) in [7, 11) is 0. The van der Waals surface area contributed by atoms with Crippen molar-refractivity contribution in [1.29, 1.82) is 0 Å². The van der Waals surface area contributed by atoms with Gasteiger partial charge in [0.15, 0.2) is 0 Å². The Morgan fingerprint density at radius 3 is 2.62 bits per heavy atom. The second kappa shape index (κ2) is 7.72. The molecule has 3 rings (SSSR count). The molecule has 0 aliphatic carbocycles. The number of rotatable bonds is 4. The van der Waals surface area contributed by atoms with Crippen molar-refractivity contribution >= 4 is 11.9 Å². The van der Waals surface area contributed by atoms with Gasteiger partial charge in [0.25, 0.3) is 5.91 Å². The van der Waals surface area contributed by atoms with Crippen molar-refractivity contribution in [3.8, 4) is 0 Å². The van der Waals surface area contributed by atoms with E-state index in [0.717, 1.165) is 36.1 Å². The first-order chi connectivity index (χ1) is 12.5. The maximum Gasteiger partial charge on any atom is 0.341 e. The molecular weight excluding hydrogens is 330 g/mol. The predicted molar refractivity (Wildman–Crippen MR) is 98.3 cm³/mol. The molecule has 1 amide bonds. The van der Waals surface area contributed by atoms with E-state index in [-0.39, 0.29) is 17.9 Å². The molecule has 6 nitrogen and oxygen atoms in total. The summed E-state index contributed by atoms with van der Waals surface area (Å²) >= 11 is 0. The topological polar surface area (TPSA) is 64.4 Å². The first kappa shape index (κ1) is 18.2. The van der Waals surface area contributed by atoms with Crippen LogP contribution in [0.25, 0.3) is 0 Å².